The first-order chi connectivity index (χ1) is 11.2. The van der Waals surface area contributed by atoms with Crippen LogP contribution < -0.4 is 4.74 Å². The summed E-state index contributed by atoms with van der Waals surface area (Å²) >= 11 is 0. The van der Waals surface area contributed by atoms with Crippen LogP contribution in [0.1, 0.15) is 30.5 Å². The third kappa shape index (κ3) is 3.54. The van der Waals surface area contributed by atoms with Crippen LogP contribution >= 0.6 is 0 Å². The monoisotopic (exact) mass is 328 g/mol. The van der Waals surface area contributed by atoms with Gasteiger partial charge in [-0.2, -0.15) is 0 Å². The number of aliphatic hydroxyl groups is 1. The molecule has 4 nitrogen and oxygen atoms in total. The van der Waals surface area contributed by atoms with Crippen molar-refractivity contribution in [3.8, 4) is 28.4 Å². The zero-order valence-corrected chi connectivity index (χ0v) is 14.7. The fourth-order valence-corrected chi connectivity index (χ4v) is 2.62. The second-order valence-electron chi connectivity index (χ2n) is 6.45. The second-order valence-corrected chi connectivity index (χ2v) is 6.45. The maximum atomic E-state index is 10.8. The minimum absolute atomic E-state index is 0.0773. The maximum absolute atomic E-state index is 10.8. The number of hydrogen-bond donors (Lipinski definition) is 3. The maximum Gasteiger partial charge on any atom is 0.131 e. The molecule has 0 aromatic heterocycles. The minimum atomic E-state index is -1.01. The molecule has 0 heterocycles. The topological polar surface area (TPSA) is 69.9 Å². The van der Waals surface area contributed by atoms with E-state index in [2.05, 4.69) is 0 Å². The Labute approximate surface area is 142 Å². The molecule has 0 radical (unpaired) electrons. The summed E-state index contributed by atoms with van der Waals surface area (Å²) in [4.78, 5) is 0. The van der Waals surface area contributed by atoms with E-state index in [4.69, 9.17) is 4.74 Å². The van der Waals surface area contributed by atoms with Gasteiger partial charge in [-0.1, -0.05) is 24.3 Å². The molecule has 0 saturated carbocycles. The van der Waals surface area contributed by atoms with Crippen LogP contribution in [0.25, 0.3) is 17.2 Å². The van der Waals surface area contributed by atoms with Gasteiger partial charge in [0.25, 0.3) is 0 Å². The Balaban J connectivity index is 2.67. The van der Waals surface area contributed by atoms with Crippen LogP contribution in [0.4, 0.5) is 0 Å². The van der Waals surface area contributed by atoms with E-state index in [1.54, 1.807) is 59.1 Å². The van der Waals surface area contributed by atoms with Crippen molar-refractivity contribution in [3.63, 3.8) is 0 Å². The van der Waals surface area contributed by atoms with E-state index in [9.17, 15) is 15.3 Å². The van der Waals surface area contributed by atoms with Gasteiger partial charge in [0.15, 0.2) is 0 Å². The first kappa shape index (κ1) is 17.9. The lowest BCUT2D eigenvalue weighted by Crippen LogP contribution is -2.13. The van der Waals surface area contributed by atoms with E-state index in [1.165, 1.54) is 0 Å². The third-order valence-electron chi connectivity index (χ3n) is 4.02. The summed E-state index contributed by atoms with van der Waals surface area (Å²) in [6, 6.07) is 7.27. The molecule has 128 valence electrons. The Morgan fingerprint density at radius 3 is 2.04 bits per heavy atom. The summed E-state index contributed by atoms with van der Waals surface area (Å²) in [7, 11) is 1.59. The molecule has 0 saturated heterocycles. The summed E-state index contributed by atoms with van der Waals surface area (Å²) < 4.78 is 5.16. The van der Waals surface area contributed by atoms with Gasteiger partial charge < -0.3 is 20.1 Å². The van der Waals surface area contributed by atoms with Crippen LogP contribution in [-0.4, -0.2) is 28.0 Å². The largest absolute Gasteiger partial charge is 0.507 e. The molecule has 0 aliphatic carbocycles. The molecule has 0 aliphatic heterocycles. The van der Waals surface area contributed by atoms with Crippen LogP contribution in [-0.2, 0) is 0 Å². The Kier molecular flexibility index (Phi) is 4.90. The standard InChI is InChI=1S/C20H24O4/c1-12-16(10-11-20(3,4)23)19(22)17(13(2)18(12)21)14-6-8-15(24-5)9-7-14/h6-11,21-23H,1-5H3. The smallest absolute Gasteiger partial charge is 0.131 e. The average Bonchev–Trinajstić information content (AvgIpc) is 2.52. The van der Waals surface area contributed by atoms with Gasteiger partial charge in [-0.3, -0.25) is 0 Å². The van der Waals surface area contributed by atoms with Crippen LogP contribution in [0.3, 0.4) is 0 Å². The first-order valence-corrected chi connectivity index (χ1v) is 7.77. The Morgan fingerprint density at radius 2 is 1.54 bits per heavy atom. The van der Waals surface area contributed by atoms with Gasteiger partial charge in [-0.05, 0) is 45.4 Å². The fraction of sp³-hybridized carbons (Fsp3) is 0.300. The number of phenolic OH excluding ortho intramolecular Hbond substituents is 2. The van der Waals surface area contributed by atoms with Crippen LogP contribution in [0.2, 0.25) is 0 Å². The van der Waals surface area contributed by atoms with Crippen molar-refractivity contribution in [2.45, 2.75) is 33.3 Å². The molecule has 0 aliphatic rings. The molecule has 0 fully saturated rings. The molecule has 2 rings (SSSR count). The zero-order valence-electron chi connectivity index (χ0n) is 14.7. The first-order valence-electron chi connectivity index (χ1n) is 7.77. The van der Waals surface area contributed by atoms with Gasteiger partial charge in [-0.25, -0.2) is 0 Å². The van der Waals surface area contributed by atoms with E-state index >= 15 is 0 Å². The highest BCUT2D eigenvalue weighted by molar-refractivity contribution is 5.83. The highest BCUT2D eigenvalue weighted by Crippen LogP contribution is 2.43. The molecule has 0 unspecified atom stereocenters. The summed E-state index contributed by atoms with van der Waals surface area (Å²) in [6.07, 6.45) is 3.22. The molecule has 0 bridgehead atoms. The van der Waals surface area contributed by atoms with E-state index in [1.807, 2.05) is 12.1 Å². The summed E-state index contributed by atoms with van der Waals surface area (Å²) in [5, 5.41) is 31.1. The highest BCUT2D eigenvalue weighted by Gasteiger charge is 2.19. The lowest BCUT2D eigenvalue weighted by atomic mass is 9.91. The van der Waals surface area contributed by atoms with Gasteiger partial charge in [0.1, 0.15) is 17.2 Å². The van der Waals surface area contributed by atoms with Crippen LogP contribution in [0.15, 0.2) is 30.3 Å². The molecule has 3 N–H and O–H groups in total. The van der Waals surface area contributed by atoms with Gasteiger partial charge >= 0.3 is 0 Å². The summed E-state index contributed by atoms with van der Waals surface area (Å²) in [6.45, 7) is 6.80. The van der Waals surface area contributed by atoms with Crippen LogP contribution in [0.5, 0.6) is 17.2 Å². The molecular weight excluding hydrogens is 304 g/mol. The Morgan fingerprint density at radius 1 is 0.958 bits per heavy atom. The molecule has 0 spiro atoms. The van der Waals surface area contributed by atoms with Crippen molar-refractivity contribution in [1.82, 2.24) is 0 Å². The van der Waals surface area contributed by atoms with Crippen molar-refractivity contribution >= 4 is 6.08 Å². The fourth-order valence-electron chi connectivity index (χ4n) is 2.62. The molecule has 0 amide bonds. The predicted molar refractivity (Wildman–Crippen MR) is 96.6 cm³/mol. The lowest BCUT2D eigenvalue weighted by molar-refractivity contribution is 0.134. The molecule has 2 aromatic carbocycles. The molecule has 2 aromatic rings. The predicted octanol–water partition coefficient (Wildman–Crippen LogP) is 4.17. The quantitative estimate of drug-likeness (QED) is 0.737. The number of aromatic hydroxyl groups is 2. The van der Waals surface area contributed by atoms with Crippen molar-refractivity contribution in [2.75, 3.05) is 7.11 Å². The Bertz CT molecular complexity index is 766. The van der Waals surface area contributed by atoms with Crippen LogP contribution in [0, 0.1) is 13.8 Å². The number of rotatable bonds is 4. The average molecular weight is 328 g/mol. The van der Waals surface area contributed by atoms with E-state index < -0.39 is 5.60 Å². The van der Waals surface area contributed by atoms with Crippen molar-refractivity contribution in [1.29, 1.82) is 0 Å². The van der Waals surface area contributed by atoms with Crippen molar-refractivity contribution in [3.05, 3.63) is 47.0 Å². The van der Waals surface area contributed by atoms with Crippen molar-refractivity contribution < 1.29 is 20.1 Å². The highest BCUT2D eigenvalue weighted by atomic mass is 16.5. The molecular formula is C20H24O4. The zero-order chi connectivity index (χ0) is 18.1. The number of benzene rings is 2. The lowest BCUT2D eigenvalue weighted by Gasteiger charge is -2.18. The SMILES string of the molecule is COc1ccc(-c2c(C)c(O)c(C)c(C=CC(C)(C)O)c2O)cc1. The number of methoxy groups -OCH3 is 1. The number of ether oxygens (including phenoxy) is 1. The number of hydrogen-bond acceptors (Lipinski definition) is 4. The van der Waals surface area contributed by atoms with E-state index in [-0.39, 0.29) is 11.5 Å². The molecule has 4 heteroatoms. The normalized spacial score (nSPS) is 11.9. The van der Waals surface area contributed by atoms with Gasteiger partial charge in [-0.15, -0.1) is 0 Å². The summed E-state index contributed by atoms with van der Waals surface area (Å²) in [5.41, 5.74) is 2.00. The second kappa shape index (κ2) is 6.57. The third-order valence-corrected chi connectivity index (χ3v) is 4.02. The molecule has 24 heavy (non-hydrogen) atoms. The van der Waals surface area contributed by atoms with Gasteiger partial charge in [0, 0.05) is 22.3 Å². The van der Waals surface area contributed by atoms with Gasteiger partial charge in [0.05, 0.1) is 12.7 Å². The van der Waals surface area contributed by atoms with Crippen molar-refractivity contribution in [2.24, 2.45) is 0 Å². The van der Waals surface area contributed by atoms with E-state index in [0.29, 0.717) is 22.3 Å². The number of phenols is 2. The minimum Gasteiger partial charge on any atom is -0.507 e. The van der Waals surface area contributed by atoms with Gasteiger partial charge in [0.2, 0.25) is 0 Å². The summed E-state index contributed by atoms with van der Waals surface area (Å²) in [5.74, 6) is 0.928. The Hall–Kier alpha value is -2.46. The van der Waals surface area contributed by atoms with E-state index in [0.717, 1.165) is 11.3 Å². The molecule has 0 atom stereocenters.